The van der Waals surface area contributed by atoms with Gasteiger partial charge < -0.3 is 31.1 Å². The van der Waals surface area contributed by atoms with Gasteiger partial charge in [-0.15, -0.1) is 0 Å². The van der Waals surface area contributed by atoms with Crippen molar-refractivity contribution in [3.8, 4) is 0 Å². The lowest BCUT2D eigenvalue weighted by molar-refractivity contribution is -0.145. The van der Waals surface area contributed by atoms with Crippen LogP contribution < -0.4 is 16.0 Å². The summed E-state index contributed by atoms with van der Waals surface area (Å²) in [5, 5.41) is 29.3. The van der Waals surface area contributed by atoms with Gasteiger partial charge in [-0.3, -0.25) is 14.5 Å². The number of urea groups is 1. The van der Waals surface area contributed by atoms with Gasteiger partial charge in [-0.2, -0.15) is 0 Å². The van der Waals surface area contributed by atoms with Crippen LogP contribution in [-0.2, 0) is 20.8 Å². The van der Waals surface area contributed by atoms with Gasteiger partial charge in [-0.05, 0) is 55.1 Å². The van der Waals surface area contributed by atoms with Crippen molar-refractivity contribution in [3.63, 3.8) is 0 Å². The van der Waals surface area contributed by atoms with E-state index in [0.29, 0.717) is 38.9 Å². The van der Waals surface area contributed by atoms with Crippen molar-refractivity contribution in [1.29, 1.82) is 0 Å². The van der Waals surface area contributed by atoms with E-state index in [1.165, 1.54) is 4.90 Å². The monoisotopic (exact) mass is 625 g/mol. The zero-order valence-electron chi connectivity index (χ0n) is 27.2. The number of nitrogens with one attached hydrogen (secondary N) is 3. The van der Waals surface area contributed by atoms with Crippen LogP contribution in [-0.4, -0.2) is 87.6 Å². The highest BCUT2D eigenvalue weighted by Crippen LogP contribution is 2.45. The first-order chi connectivity index (χ1) is 21.4. The molecule has 11 heteroatoms. The molecular weight excluding hydrogens is 574 g/mol. The number of hydrogen-bond acceptors (Lipinski definition) is 6. The Balaban J connectivity index is 1.29. The molecule has 0 radical (unpaired) electrons. The van der Waals surface area contributed by atoms with Crippen LogP contribution in [0.3, 0.4) is 0 Å². The van der Waals surface area contributed by atoms with Crippen molar-refractivity contribution in [2.45, 2.75) is 103 Å². The highest BCUT2D eigenvalue weighted by Gasteiger charge is 2.61. The maximum absolute atomic E-state index is 13.3. The number of likely N-dealkylation sites (tertiary alicyclic amines) is 1. The second kappa shape index (κ2) is 14.8. The largest absolute Gasteiger partial charge is 0.479 e. The summed E-state index contributed by atoms with van der Waals surface area (Å²) in [6.07, 6.45) is 9.46. The molecule has 248 valence electrons. The fourth-order valence-electron chi connectivity index (χ4n) is 6.40. The molecule has 2 aliphatic heterocycles. The molecule has 5 atom stereocenters. The predicted molar refractivity (Wildman–Crippen MR) is 171 cm³/mol. The van der Waals surface area contributed by atoms with Crippen molar-refractivity contribution in [1.82, 2.24) is 25.8 Å². The lowest BCUT2D eigenvalue weighted by Crippen LogP contribution is -2.56. The van der Waals surface area contributed by atoms with Gasteiger partial charge in [0.1, 0.15) is 17.8 Å². The number of carbonyl (C=O) groups is 4. The van der Waals surface area contributed by atoms with E-state index >= 15 is 0 Å². The summed E-state index contributed by atoms with van der Waals surface area (Å²) in [5.41, 5.74) is 0.332. The zero-order chi connectivity index (χ0) is 32.8. The lowest BCUT2D eigenvalue weighted by Gasteiger charge is -2.40. The van der Waals surface area contributed by atoms with Crippen molar-refractivity contribution in [2.75, 3.05) is 26.2 Å². The van der Waals surface area contributed by atoms with Crippen molar-refractivity contribution < 1.29 is 29.4 Å². The number of carbonyl (C=O) groups excluding carboxylic acids is 3. The third-order valence-electron chi connectivity index (χ3n) is 9.48. The van der Waals surface area contributed by atoms with Crippen LogP contribution in [0, 0.1) is 11.3 Å². The van der Waals surface area contributed by atoms with Gasteiger partial charge >= 0.3 is 12.0 Å². The Kier molecular flexibility index (Phi) is 11.3. The van der Waals surface area contributed by atoms with E-state index in [2.05, 4.69) is 22.9 Å². The van der Waals surface area contributed by atoms with Crippen LogP contribution in [0.2, 0.25) is 0 Å². The fourth-order valence-corrected chi connectivity index (χ4v) is 6.40. The van der Waals surface area contributed by atoms with Crippen LogP contribution in [0.4, 0.5) is 4.79 Å². The molecule has 4 amide bonds. The number of amides is 4. The van der Waals surface area contributed by atoms with E-state index in [0.717, 1.165) is 43.2 Å². The average Bonchev–Trinajstić information content (AvgIpc) is 3.46. The lowest BCUT2D eigenvalue weighted by atomic mass is 9.85. The van der Waals surface area contributed by atoms with Crippen LogP contribution in [0.1, 0.15) is 90.0 Å². The topological polar surface area (TPSA) is 151 Å². The fraction of sp³-hybridized carbons (Fsp3) is 0.647. The summed E-state index contributed by atoms with van der Waals surface area (Å²) in [5.74, 6) is -2.20. The third kappa shape index (κ3) is 8.43. The van der Waals surface area contributed by atoms with E-state index in [1.54, 1.807) is 0 Å². The van der Waals surface area contributed by atoms with Gasteiger partial charge in [0.05, 0.1) is 6.54 Å². The molecule has 2 fully saturated rings. The quantitative estimate of drug-likeness (QED) is 0.167. The average molecular weight is 626 g/mol. The van der Waals surface area contributed by atoms with Crippen LogP contribution >= 0.6 is 0 Å². The Morgan fingerprint density at radius 3 is 2.60 bits per heavy atom. The smallest absolute Gasteiger partial charge is 0.330 e. The molecule has 45 heavy (non-hydrogen) atoms. The molecule has 1 aliphatic carbocycles. The summed E-state index contributed by atoms with van der Waals surface area (Å²) < 4.78 is 0. The number of benzene rings is 1. The van der Waals surface area contributed by atoms with E-state index in [4.69, 9.17) is 0 Å². The maximum atomic E-state index is 13.3. The first kappa shape index (κ1) is 34.4. The molecule has 3 aliphatic rings. The van der Waals surface area contributed by atoms with E-state index in [-0.39, 0.29) is 23.9 Å². The molecule has 1 saturated heterocycles. The Morgan fingerprint density at radius 2 is 1.89 bits per heavy atom. The normalized spacial score (nSPS) is 25.4. The number of aliphatic carboxylic acids is 1. The molecule has 11 nitrogen and oxygen atoms in total. The Hall–Kier alpha value is -3.44. The molecule has 2 unspecified atom stereocenters. The van der Waals surface area contributed by atoms with Gasteiger partial charge in [0.15, 0.2) is 0 Å². The van der Waals surface area contributed by atoms with Gasteiger partial charge in [0.25, 0.3) is 0 Å². The minimum Gasteiger partial charge on any atom is -0.479 e. The van der Waals surface area contributed by atoms with Crippen molar-refractivity contribution in [3.05, 3.63) is 47.5 Å². The standard InChI is InChI=1S/C34H51N5O6/c1-5-6-7-8-9-14-24-20-34(24,31(43)44)37-29(41)26-16-12-18-39(26)28(40)21-35-32(45)36-27(33(2,3)4)22-38-19-17-23-13-10-11-15-25(23)30(38)42/h9-11,13-15,24,26-27,30,42H,5-8,12,16-22H2,1-4H3,(H,37,41)(H,43,44)(H2,35,36,45)/b14-9-/t24?,26-,27+,30?,34+/m0/s1. The van der Waals surface area contributed by atoms with E-state index in [1.807, 2.05) is 62.1 Å². The summed E-state index contributed by atoms with van der Waals surface area (Å²) in [6, 6.07) is 6.21. The highest BCUT2D eigenvalue weighted by molar-refractivity contribution is 5.95. The molecular formula is C34H51N5O6. The Labute approximate surface area is 266 Å². The molecule has 1 aromatic rings. The second-order valence-electron chi connectivity index (χ2n) is 13.8. The summed E-state index contributed by atoms with van der Waals surface area (Å²) >= 11 is 0. The number of rotatable bonds is 13. The molecule has 0 spiro atoms. The highest BCUT2D eigenvalue weighted by atomic mass is 16.4. The first-order valence-electron chi connectivity index (χ1n) is 16.4. The number of aliphatic hydroxyl groups excluding tert-OH is 1. The summed E-state index contributed by atoms with van der Waals surface area (Å²) in [4.78, 5) is 54.9. The van der Waals surface area contributed by atoms with Crippen molar-refractivity contribution >= 4 is 23.8 Å². The summed E-state index contributed by atoms with van der Waals surface area (Å²) in [6.45, 7) is 9.31. The number of nitrogens with zero attached hydrogens (tertiary/aromatic N) is 2. The molecule has 0 aromatic heterocycles. The SMILES string of the molecule is CCCCC/C=C\C1C[C@]1(NC(=O)[C@@H]1CCCN1C(=O)CNC(=O)N[C@H](CN1CCc2ccccc2C1O)C(C)(C)C)C(=O)O. The van der Waals surface area contributed by atoms with E-state index < -0.39 is 41.6 Å². The van der Waals surface area contributed by atoms with Crippen molar-refractivity contribution in [2.24, 2.45) is 11.3 Å². The number of carboxylic acids is 1. The van der Waals surface area contributed by atoms with Gasteiger partial charge in [-0.25, -0.2) is 9.59 Å². The van der Waals surface area contributed by atoms with Crippen LogP contribution in [0.25, 0.3) is 0 Å². The molecule has 2 heterocycles. The first-order valence-corrected chi connectivity index (χ1v) is 16.4. The number of carboxylic acid groups (broad SMARTS) is 1. The van der Waals surface area contributed by atoms with E-state index in [9.17, 15) is 29.4 Å². The number of fused-ring (bicyclic) bond motifs is 1. The third-order valence-corrected chi connectivity index (χ3v) is 9.48. The minimum atomic E-state index is -1.33. The predicted octanol–water partition coefficient (Wildman–Crippen LogP) is 3.34. The number of aliphatic hydroxyl groups is 1. The second-order valence-corrected chi connectivity index (χ2v) is 13.8. The Morgan fingerprint density at radius 1 is 1.13 bits per heavy atom. The molecule has 0 bridgehead atoms. The van der Waals surface area contributed by atoms with Crippen LogP contribution in [0.15, 0.2) is 36.4 Å². The molecule has 4 rings (SSSR count). The molecule has 1 saturated carbocycles. The zero-order valence-corrected chi connectivity index (χ0v) is 27.2. The maximum Gasteiger partial charge on any atom is 0.330 e. The van der Waals surface area contributed by atoms with Gasteiger partial charge in [-0.1, -0.05) is 77.0 Å². The van der Waals surface area contributed by atoms with Gasteiger partial charge in [0.2, 0.25) is 11.8 Å². The van der Waals surface area contributed by atoms with Gasteiger partial charge in [0, 0.05) is 31.6 Å². The Bertz CT molecular complexity index is 1260. The molecule has 5 N–H and O–H groups in total. The number of allylic oxidation sites excluding steroid dienone is 1. The van der Waals surface area contributed by atoms with Crippen LogP contribution in [0.5, 0.6) is 0 Å². The number of unbranched alkanes of at least 4 members (excludes halogenated alkanes) is 3. The summed E-state index contributed by atoms with van der Waals surface area (Å²) in [7, 11) is 0. The number of hydrogen-bond donors (Lipinski definition) is 5. The minimum absolute atomic E-state index is 0.270. The molecule has 1 aromatic carbocycles.